The van der Waals surface area contributed by atoms with Crippen LogP contribution in [0.5, 0.6) is 0 Å². The molecule has 0 saturated carbocycles. The number of amides is 1. The number of anilines is 1. The van der Waals surface area contributed by atoms with Crippen LogP contribution < -0.4 is 5.32 Å². The lowest BCUT2D eigenvalue weighted by molar-refractivity contribution is 0.102. The third kappa shape index (κ3) is 4.40. The minimum atomic E-state index is -0.160. The SMILES string of the molecule is Cc1cc(C(=O)Nc2ccc3c(ccn3CCN(C)C)c2)c2cnn(Cc3cccs3)c2n1. The van der Waals surface area contributed by atoms with Gasteiger partial charge in [0.05, 0.1) is 23.7 Å². The third-order valence-corrected chi connectivity index (χ3v) is 6.55. The first-order chi connectivity index (χ1) is 16.0. The molecule has 5 aromatic rings. The number of nitrogens with zero attached hydrogens (tertiary/aromatic N) is 5. The van der Waals surface area contributed by atoms with Gasteiger partial charge in [-0.1, -0.05) is 6.07 Å². The molecule has 0 spiro atoms. The topological polar surface area (TPSA) is 68.0 Å². The Labute approximate surface area is 196 Å². The number of rotatable bonds is 7. The van der Waals surface area contributed by atoms with Gasteiger partial charge >= 0.3 is 0 Å². The Bertz CT molecular complexity index is 1430. The van der Waals surface area contributed by atoms with Gasteiger partial charge in [-0.2, -0.15) is 5.10 Å². The van der Waals surface area contributed by atoms with Crippen LogP contribution in [-0.2, 0) is 13.1 Å². The molecule has 7 nitrogen and oxygen atoms in total. The van der Waals surface area contributed by atoms with E-state index in [1.165, 1.54) is 4.88 Å². The maximum Gasteiger partial charge on any atom is 0.256 e. The molecule has 5 rings (SSSR count). The molecular formula is C25H26N6OS. The molecule has 0 atom stereocenters. The third-order valence-electron chi connectivity index (χ3n) is 5.68. The summed E-state index contributed by atoms with van der Waals surface area (Å²) in [5.41, 5.74) is 4.02. The van der Waals surface area contributed by atoms with E-state index in [0.29, 0.717) is 12.1 Å². The molecule has 0 aliphatic carbocycles. The summed E-state index contributed by atoms with van der Waals surface area (Å²) in [7, 11) is 4.14. The van der Waals surface area contributed by atoms with Gasteiger partial charge in [0.2, 0.25) is 0 Å². The fourth-order valence-corrected chi connectivity index (χ4v) is 4.69. The zero-order valence-electron chi connectivity index (χ0n) is 18.9. The summed E-state index contributed by atoms with van der Waals surface area (Å²) in [4.78, 5) is 21.3. The van der Waals surface area contributed by atoms with Crippen molar-refractivity contribution in [3.8, 4) is 0 Å². The van der Waals surface area contributed by atoms with Crippen molar-refractivity contribution in [3.63, 3.8) is 0 Å². The summed E-state index contributed by atoms with van der Waals surface area (Å²) in [6, 6.07) is 14.0. The zero-order valence-corrected chi connectivity index (χ0v) is 19.8. The molecule has 0 aliphatic heterocycles. The molecule has 168 valence electrons. The van der Waals surface area contributed by atoms with E-state index >= 15 is 0 Å². The highest BCUT2D eigenvalue weighted by atomic mass is 32.1. The molecule has 0 bridgehead atoms. The monoisotopic (exact) mass is 458 g/mol. The van der Waals surface area contributed by atoms with Crippen molar-refractivity contribution in [1.29, 1.82) is 0 Å². The molecule has 0 saturated heterocycles. The second-order valence-corrected chi connectivity index (χ2v) is 9.50. The summed E-state index contributed by atoms with van der Waals surface area (Å²) in [6.45, 7) is 4.44. The Kier molecular flexibility index (Phi) is 5.70. The number of aryl methyl sites for hydroxylation is 1. The highest BCUT2D eigenvalue weighted by molar-refractivity contribution is 7.09. The molecule has 1 amide bonds. The van der Waals surface area contributed by atoms with E-state index in [9.17, 15) is 4.79 Å². The Hall–Kier alpha value is -3.49. The van der Waals surface area contributed by atoms with Crippen molar-refractivity contribution in [2.24, 2.45) is 0 Å². The normalized spacial score (nSPS) is 11.6. The lowest BCUT2D eigenvalue weighted by Crippen LogP contribution is -2.17. The van der Waals surface area contributed by atoms with E-state index in [2.05, 4.69) is 63.4 Å². The predicted octanol–water partition coefficient (Wildman–Crippen LogP) is 4.62. The second kappa shape index (κ2) is 8.80. The second-order valence-electron chi connectivity index (χ2n) is 8.47. The number of likely N-dealkylation sites (N-methyl/N-ethyl adjacent to an activating group) is 1. The van der Waals surface area contributed by atoms with Gasteiger partial charge in [-0.15, -0.1) is 11.3 Å². The van der Waals surface area contributed by atoms with Crippen molar-refractivity contribution < 1.29 is 4.79 Å². The fraction of sp³-hybridized carbons (Fsp3) is 0.240. The Morgan fingerprint density at radius 1 is 1.18 bits per heavy atom. The summed E-state index contributed by atoms with van der Waals surface area (Å²) >= 11 is 1.68. The van der Waals surface area contributed by atoms with Crippen LogP contribution >= 0.6 is 11.3 Å². The van der Waals surface area contributed by atoms with Gasteiger partial charge in [-0.25, -0.2) is 9.67 Å². The summed E-state index contributed by atoms with van der Waals surface area (Å²) < 4.78 is 4.09. The number of benzene rings is 1. The van der Waals surface area contributed by atoms with Gasteiger partial charge in [0.25, 0.3) is 5.91 Å². The van der Waals surface area contributed by atoms with Crippen LogP contribution in [0.15, 0.2) is 60.2 Å². The number of nitrogens with one attached hydrogen (secondary N) is 1. The average Bonchev–Trinajstić information content (AvgIpc) is 3.53. The van der Waals surface area contributed by atoms with Crippen molar-refractivity contribution in [2.75, 3.05) is 26.0 Å². The van der Waals surface area contributed by atoms with Crippen molar-refractivity contribution in [3.05, 3.63) is 76.4 Å². The molecule has 0 aliphatic rings. The van der Waals surface area contributed by atoms with Crippen LogP contribution in [0.3, 0.4) is 0 Å². The van der Waals surface area contributed by atoms with Crippen LogP contribution in [0.1, 0.15) is 20.9 Å². The van der Waals surface area contributed by atoms with Gasteiger partial charge in [0, 0.05) is 46.4 Å². The molecular weight excluding hydrogens is 432 g/mol. The quantitative estimate of drug-likeness (QED) is 0.387. The van der Waals surface area contributed by atoms with Gasteiger partial charge in [0.1, 0.15) is 0 Å². The lowest BCUT2D eigenvalue weighted by Gasteiger charge is -2.12. The number of hydrogen-bond donors (Lipinski definition) is 1. The van der Waals surface area contributed by atoms with Crippen LogP contribution in [0, 0.1) is 6.92 Å². The minimum Gasteiger partial charge on any atom is -0.346 e. The number of fused-ring (bicyclic) bond motifs is 2. The van der Waals surface area contributed by atoms with Crippen molar-refractivity contribution >= 4 is 44.9 Å². The first-order valence-corrected chi connectivity index (χ1v) is 11.8. The number of carbonyl (C=O) groups is 1. The standard InChI is InChI=1S/C25H26N6OS/c1-17-13-21(22-15-26-31(24(22)27-17)16-20-5-4-12-33-20)25(32)28-19-6-7-23-18(14-19)8-9-30(23)11-10-29(2)3/h4-9,12-15H,10-11,16H2,1-3H3,(H,28,32). The molecule has 0 fully saturated rings. The highest BCUT2D eigenvalue weighted by Gasteiger charge is 2.17. The first kappa shape index (κ1) is 21.4. The Balaban J connectivity index is 1.41. The molecule has 1 N–H and O–H groups in total. The molecule has 4 aromatic heterocycles. The number of aromatic nitrogens is 4. The molecule has 0 radical (unpaired) electrons. The van der Waals surface area contributed by atoms with Crippen LogP contribution in [0.4, 0.5) is 5.69 Å². The van der Waals surface area contributed by atoms with E-state index in [1.54, 1.807) is 17.5 Å². The predicted molar refractivity (Wildman–Crippen MR) is 134 cm³/mol. The van der Waals surface area contributed by atoms with Crippen molar-refractivity contribution in [2.45, 2.75) is 20.0 Å². The number of carbonyl (C=O) groups excluding carboxylic acids is 1. The van der Waals surface area contributed by atoms with Gasteiger partial charge in [-0.3, -0.25) is 4.79 Å². The van der Waals surface area contributed by atoms with Gasteiger partial charge < -0.3 is 14.8 Å². The van der Waals surface area contributed by atoms with E-state index in [1.807, 2.05) is 41.3 Å². The number of thiophene rings is 1. The maximum atomic E-state index is 13.2. The summed E-state index contributed by atoms with van der Waals surface area (Å²) in [6.07, 6.45) is 3.83. The Morgan fingerprint density at radius 3 is 2.85 bits per heavy atom. The number of pyridine rings is 1. The summed E-state index contributed by atoms with van der Waals surface area (Å²) in [5.74, 6) is -0.160. The van der Waals surface area contributed by atoms with E-state index in [-0.39, 0.29) is 5.91 Å². The van der Waals surface area contributed by atoms with Crippen LogP contribution in [-0.4, -0.2) is 50.8 Å². The number of hydrogen-bond acceptors (Lipinski definition) is 5. The molecule has 8 heteroatoms. The van der Waals surface area contributed by atoms with Crippen LogP contribution in [0.2, 0.25) is 0 Å². The van der Waals surface area contributed by atoms with E-state index in [0.717, 1.165) is 46.4 Å². The molecule has 1 aromatic carbocycles. The minimum absolute atomic E-state index is 0.160. The summed E-state index contributed by atoms with van der Waals surface area (Å²) in [5, 5.41) is 11.5. The smallest absolute Gasteiger partial charge is 0.256 e. The van der Waals surface area contributed by atoms with Crippen molar-refractivity contribution in [1.82, 2.24) is 24.2 Å². The zero-order chi connectivity index (χ0) is 22.9. The largest absolute Gasteiger partial charge is 0.346 e. The molecule has 33 heavy (non-hydrogen) atoms. The van der Waals surface area contributed by atoms with E-state index in [4.69, 9.17) is 0 Å². The molecule has 0 unspecified atom stereocenters. The van der Waals surface area contributed by atoms with Crippen LogP contribution in [0.25, 0.3) is 21.9 Å². The lowest BCUT2D eigenvalue weighted by atomic mass is 10.1. The van der Waals surface area contributed by atoms with Gasteiger partial charge in [0.15, 0.2) is 5.65 Å². The first-order valence-electron chi connectivity index (χ1n) is 10.9. The fourth-order valence-electron chi connectivity index (χ4n) is 4.01. The molecule has 4 heterocycles. The maximum absolute atomic E-state index is 13.2. The highest BCUT2D eigenvalue weighted by Crippen LogP contribution is 2.24. The Morgan fingerprint density at radius 2 is 2.06 bits per heavy atom. The average molecular weight is 459 g/mol. The van der Waals surface area contributed by atoms with Gasteiger partial charge in [-0.05, 0) is 62.8 Å². The van der Waals surface area contributed by atoms with E-state index < -0.39 is 0 Å².